The molecule has 0 unspecified atom stereocenters. The van der Waals surface area contributed by atoms with E-state index < -0.39 is 41.1 Å². The second-order valence-electron chi connectivity index (χ2n) is 1.54. The van der Waals surface area contributed by atoms with Gasteiger partial charge in [0, 0.05) is 0 Å². The van der Waals surface area contributed by atoms with Gasteiger partial charge < -0.3 is 0 Å². The second kappa shape index (κ2) is 14.3. The normalized spacial score (nSPS) is 10.4. The van der Waals surface area contributed by atoms with Gasteiger partial charge in [0.2, 0.25) is 0 Å². The third-order valence-electron chi connectivity index (χ3n) is 0. The molecule has 0 aliphatic heterocycles. The van der Waals surface area contributed by atoms with Crippen molar-refractivity contribution < 1.29 is 35.8 Å². The molecule has 0 saturated carbocycles. The van der Waals surface area contributed by atoms with Crippen molar-refractivity contribution in [2.45, 2.75) is 0 Å². The first-order chi connectivity index (χ1) is 6.00. The van der Waals surface area contributed by atoms with Crippen LogP contribution in [0.4, 0.5) is 0 Å². The van der Waals surface area contributed by atoms with Crippen molar-refractivity contribution in [2.24, 2.45) is 0 Å². The van der Waals surface area contributed by atoms with E-state index in [0.717, 1.165) is 0 Å². The van der Waals surface area contributed by atoms with Gasteiger partial charge in [-0.3, -0.25) is 0 Å². The van der Waals surface area contributed by atoms with Gasteiger partial charge >= 0.3 is 140 Å². The van der Waals surface area contributed by atoms with E-state index in [2.05, 4.69) is 23.4 Å². The maximum Gasteiger partial charge on any atom is 3.00 e. The minimum Gasteiger partial charge on any atom is 3.00 e. The molecular weight excluding hydrogens is 601 g/mol. The van der Waals surface area contributed by atoms with Gasteiger partial charge in [-0.25, -0.2) is 0 Å². The van der Waals surface area contributed by atoms with E-state index in [4.69, 9.17) is 24.6 Å². The zero-order valence-corrected chi connectivity index (χ0v) is 20.9. The van der Waals surface area contributed by atoms with Crippen molar-refractivity contribution in [3.8, 4) is 0 Å². The minimum absolute atomic E-state index is 0. The fraction of sp³-hybridized carbons (Fsp3) is 0. The quantitative estimate of drug-likeness (QED) is 0.124. The van der Waals surface area contributed by atoms with Crippen molar-refractivity contribution in [2.75, 3.05) is 0 Å². The third-order valence-corrected chi connectivity index (χ3v) is 0. The Labute approximate surface area is 138 Å². The Hall–Kier alpha value is 3.40. The zero-order chi connectivity index (χ0) is 13.5. The fourth-order valence-corrected chi connectivity index (χ4v) is 0. The van der Waals surface area contributed by atoms with Crippen molar-refractivity contribution in [1.82, 2.24) is 0 Å². The first-order valence-electron chi connectivity index (χ1n) is 2.35. The Morgan fingerprint density at radius 3 is 0.529 bits per heavy atom. The molecule has 0 aromatic heterocycles. The van der Waals surface area contributed by atoms with Crippen LogP contribution in [-0.4, -0.2) is 105 Å². The predicted molar refractivity (Wildman–Crippen MR) is 64.9 cm³/mol. The molecule has 0 saturated heterocycles. The van der Waals surface area contributed by atoms with Gasteiger partial charge in [-0.2, -0.15) is 0 Å². The van der Waals surface area contributed by atoms with Crippen LogP contribution in [0.3, 0.4) is 0 Å². The minimum atomic E-state index is -4.43. The average molecular weight is 607 g/mol. The van der Waals surface area contributed by atoms with Crippen molar-refractivity contribution in [3.05, 3.63) is 0 Å². The van der Waals surface area contributed by atoms with Gasteiger partial charge in [0.15, 0.2) is 0 Å². The largest absolute Gasteiger partial charge is 3.00 e. The summed E-state index contributed by atoms with van der Waals surface area (Å²) in [4.78, 5) is 0. The molecule has 96 valence electrons. The molecule has 0 spiro atoms. The van der Waals surface area contributed by atoms with Crippen LogP contribution < -0.4 is 0 Å². The molecule has 0 atom stereocenters. The molecule has 0 aliphatic carbocycles. The van der Waals surface area contributed by atoms with E-state index in [-0.39, 0.29) is 39.6 Å². The summed E-state index contributed by atoms with van der Waals surface area (Å²) in [6, 6.07) is 0. The van der Waals surface area contributed by atoms with Crippen LogP contribution in [0.25, 0.3) is 0 Å². The SMILES string of the molecule is O=[As](O)(O)[P-2].O=[As](O)(O)[P-2].O=[As](O)(O)[P-2].[Ga+3].[Ga+3]. The van der Waals surface area contributed by atoms with Crippen molar-refractivity contribution >= 4 is 104 Å². The van der Waals surface area contributed by atoms with Crippen molar-refractivity contribution in [1.29, 1.82) is 0 Å². The molecule has 0 aromatic carbocycles. The molecule has 0 amide bonds. The maximum atomic E-state index is 9.25. The Kier molecular flexibility index (Phi) is 27.3. The van der Waals surface area contributed by atoms with Gasteiger partial charge in [-0.1, -0.05) is 0 Å². The molecule has 9 nitrogen and oxygen atoms in total. The summed E-state index contributed by atoms with van der Waals surface area (Å²) >= 11 is -13.3. The number of hydrogen-bond acceptors (Lipinski definition) is 3. The molecule has 0 rings (SSSR count). The maximum absolute atomic E-state index is 9.25. The first kappa shape index (κ1) is 32.4. The van der Waals surface area contributed by atoms with Gasteiger partial charge in [0.05, 0.1) is 0 Å². The monoisotopic (exact) mass is 606 g/mol. The van der Waals surface area contributed by atoms with E-state index >= 15 is 0 Å². The summed E-state index contributed by atoms with van der Waals surface area (Å²) in [5, 5.41) is 0. The molecule has 17 heavy (non-hydrogen) atoms. The molecule has 17 heteroatoms. The van der Waals surface area contributed by atoms with Crippen molar-refractivity contribution in [3.63, 3.8) is 0 Å². The summed E-state index contributed by atoms with van der Waals surface area (Å²) in [5.74, 6) is 0. The van der Waals surface area contributed by atoms with Crippen LogP contribution in [-0.2, 0) is 11.2 Å². The molecular formula is H6As3Ga2O9P3. The summed E-state index contributed by atoms with van der Waals surface area (Å²) in [5.41, 5.74) is 0. The van der Waals surface area contributed by atoms with Gasteiger partial charge in [0.25, 0.3) is 0 Å². The summed E-state index contributed by atoms with van der Waals surface area (Å²) in [6.07, 6.45) is 0. The van der Waals surface area contributed by atoms with Crippen LogP contribution in [0, 0.1) is 0 Å². The molecule has 0 aliphatic rings. The van der Waals surface area contributed by atoms with Crippen LogP contribution >= 0.6 is 23.4 Å². The summed E-state index contributed by atoms with van der Waals surface area (Å²) in [7, 11) is 8.55. The van der Waals surface area contributed by atoms with Gasteiger partial charge in [0.1, 0.15) is 0 Å². The predicted octanol–water partition coefficient (Wildman–Crippen LogP) is -3.02. The fourth-order valence-electron chi connectivity index (χ4n) is 0. The Bertz CT molecular complexity index is 216. The van der Waals surface area contributed by atoms with E-state index in [9.17, 15) is 11.2 Å². The first-order valence-corrected chi connectivity index (χ1v) is 18.4. The smallest absolute Gasteiger partial charge is 3.00 e. The number of rotatable bonds is 0. The average Bonchev–Trinajstić information content (AvgIpc) is 1.41. The standard InChI is InChI=1S/3AsH2O3P.2Ga/c3*2-1(3,4)5;;/h3*(H2,2,3,4);;/q3*-2;2*+3. The van der Waals surface area contributed by atoms with Gasteiger partial charge in [-0.15, -0.1) is 0 Å². The topological polar surface area (TPSA) is 173 Å². The Morgan fingerprint density at radius 2 is 0.529 bits per heavy atom. The van der Waals surface area contributed by atoms with Crippen LogP contribution in [0.1, 0.15) is 0 Å². The van der Waals surface area contributed by atoms with E-state index in [1.54, 1.807) is 0 Å². The number of hydrogen-bond donors (Lipinski definition) is 6. The van der Waals surface area contributed by atoms with Gasteiger partial charge in [-0.05, 0) is 0 Å². The van der Waals surface area contributed by atoms with E-state index in [0.29, 0.717) is 0 Å². The van der Waals surface area contributed by atoms with E-state index in [1.807, 2.05) is 0 Å². The molecule has 0 aromatic rings. The molecule has 0 bridgehead atoms. The third kappa shape index (κ3) is 509. The zero-order valence-electron chi connectivity index (χ0n) is 7.75. The molecule has 0 heterocycles. The van der Waals surface area contributed by atoms with Crippen LogP contribution in [0.5, 0.6) is 0 Å². The Morgan fingerprint density at radius 1 is 0.529 bits per heavy atom. The molecule has 0 fully saturated rings. The molecule has 0 radical (unpaired) electrons. The summed E-state index contributed by atoms with van der Waals surface area (Å²) in [6.45, 7) is 0. The molecule has 6 N–H and O–H groups in total. The van der Waals surface area contributed by atoms with Crippen LogP contribution in [0.2, 0.25) is 0 Å². The van der Waals surface area contributed by atoms with Crippen LogP contribution in [0.15, 0.2) is 0 Å². The van der Waals surface area contributed by atoms with E-state index in [1.165, 1.54) is 0 Å². The second-order valence-corrected chi connectivity index (χ2v) is 16.1. The summed E-state index contributed by atoms with van der Waals surface area (Å²) < 4.78 is 73.1. The Balaban J connectivity index is -0.0000000400.